The number of methoxy groups -OCH3 is 2. The Hall–Kier alpha value is -1.51. The number of carbonyl (C=O) groups is 1. The normalized spacial score (nSPS) is 24.8. The van der Waals surface area contributed by atoms with Crippen LogP contribution < -0.4 is 0 Å². The maximum atomic E-state index is 12.3. The second-order valence-corrected chi connectivity index (χ2v) is 7.22. The third kappa shape index (κ3) is 4.24. The number of likely N-dealkylation sites (tertiary alicyclic amines) is 1. The van der Waals surface area contributed by atoms with Gasteiger partial charge < -0.3 is 23.6 Å². The van der Waals surface area contributed by atoms with Crippen molar-refractivity contribution in [1.82, 2.24) is 15.0 Å². The Labute approximate surface area is 154 Å². The molecule has 0 N–H and O–H groups in total. The second kappa shape index (κ2) is 8.92. The molecule has 0 saturated carbocycles. The van der Waals surface area contributed by atoms with Crippen molar-refractivity contribution in [3.63, 3.8) is 0 Å². The van der Waals surface area contributed by atoms with Crippen LogP contribution in [0.1, 0.15) is 49.7 Å². The van der Waals surface area contributed by atoms with Crippen molar-refractivity contribution >= 4 is 5.91 Å². The molecule has 8 heteroatoms. The minimum atomic E-state index is -0.329. The van der Waals surface area contributed by atoms with Gasteiger partial charge in [-0.1, -0.05) is 5.16 Å². The second-order valence-electron chi connectivity index (χ2n) is 7.22. The van der Waals surface area contributed by atoms with E-state index in [0.717, 1.165) is 51.9 Å². The molecule has 1 aromatic heterocycles. The minimum absolute atomic E-state index is 0.00198. The fraction of sp³-hybridized carbons (Fsp3) is 0.833. The number of carbonyl (C=O) groups excluding carboxylic acids is 1. The zero-order chi connectivity index (χ0) is 18.4. The molecule has 0 bridgehead atoms. The van der Waals surface area contributed by atoms with E-state index < -0.39 is 0 Å². The highest BCUT2D eigenvalue weighted by Crippen LogP contribution is 2.37. The van der Waals surface area contributed by atoms with Gasteiger partial charge in [-0.3, -0.25) is 4.79 Å². The molecule has 3 rings (SSSR count). The van der Waals surface area contributed by atoms with Crippen LogP contribution in [-0.4, -0.2) is 74.7 Å². The van der Waals surface area contributed by atoms with Crippen LogP contribution in [0.4, 0.5) is 0 Å². The van der Waals surface area contributed by atoms with Crippen LogP contribution >= 0.6 is 0 Å². The molecule has 2 aliphatic rings. The molecule has 0 radical (unpaired) electrons. The summed E-state index contributed by atoms with van der Waals surface area (Å²) in [5, 5.41) is 4.33. The van der Waals surface area contributed by atoms with Crippen molar-refractivity contribution in [2.75, 3.05) is 53.7 Å². The molecule has 1 atom stereocenters. The first-order chi connectivity index (χ1) is 12.7. The summed E-state index contributed by atoms with van der Waals surface area (Å²) >= 11 is 0. The standard InChI is InChI=1S/C18H29N3O5/c1-23-11-7-18(6-3-8-21(13-18)15(22)12-24-2)17-19-16(26-20-17)14-4-9-25-10-5-14/h14H,3-13H2,1-2H3. The Morgan fingerprint density at radius 2 is 2.12 bits per heavy atom. The molecule has 2 fully saturated rings. The first-order valence-electron chi connectivity index (χ1n) is 9.36. The van der Waals surface area contributed by atoms with Gasteiger partial charge >= 0.3 is 0 Å². The fourth-order valence-electron chi connectivity index (χ4n) is 3.92. The number of nitrogens with zero attached hydrogens (tertiary/aromatic N) is 3. The molecule has 2 saturated heterocycles. The van der Waals surface area contributed by atoms with Gasteiger partial charge in [-0.15, -0.1) is 0 Å². The van der Waals surface area contributed by atoms with E-state index in [-0.39, 0.29) is 23.8 Å². The molecule has 1 aromatic rings. The third-order valence-corrected chi connectivity index (χ3v) is 5.47. The zero-order valence-electron chi connectivity index (χ0n) is 15.7. The lowest BCUT2D eigenvalue weighted by Gasteiger charge is -2.40. The van der Waals surface area contributed by atoms with Crippen molar-refractivity contribution in [1.29, 1.82) is 0 Å². The van der Waals surface area contributed by atoms with Crippen LogP contribution in [-0.2, 0) is 24.4 Å². The van der Waals surface area contributed by atoms with Gasteiger partial charge in [0.15, 0.2) is 5.82 Å². The number of rotatable bonds is 7. The first kappa shape index (κ1) is 19.3. The van der Waals surface area contributed by atoms with Crippen molar-refractivity contribution in [2.45, 2.75) is 43.4 Å². The SMILES string of the molecule is COCCC1(c2noc(C3CCOCC3)n2)CCCN(C(=O)COC)C1. The Kier molecular flexibility index (Phi) is 6.61. The van der Waals surface area contributed by atoms with E-state index in [4.69, 9.17) is 23.7 Å². The molecule has 1 amide bonds. The van der Waals surface area contributed by atoms with Crippen molar-refractivity contribution in [3.05, 3.63) is 11.7 Å². The van der Waals surface area contributed by atoms with E-state index in [0.29, 0.717) is 24.9 Å². The molecule has 1 unspecified atom stereocenters. The molecular weight excluding hydrogens is 338 g/mol. The van der Waals surface area contributed by atoms with E-state index in [1.165, 1.54) is 0 Å². The zero-order valence-corrected chi connectivity index (χ0v) is 15.7. The number of hydrogen-bond acceptors (Lipinski definition) is 7. The van der Waals surface area contributed by atoms with E-state index in [2.05, 4.69) is 5.16 Å². The number of hydrogen-bond donors (Lipinski definition) is 0. The van der Waals surface area contributed by atoms with E-state index in [9.17, 15) is 4.79 Å². The summed E-state index contributed by atoms with van der Waals surface area (Å²) < 4.78 is 21.4. The highest BCUT2D eigenvalue weighted by molar-refractivity contribution is 5.77. The van der Waals surface area contributed by atoms with E-state index >= 15 is 0 Å². The lowest BCUT2D eigenvalue weighted by Crippen LogP contribution is -2.50. The smallest absolute Gasteiger partial charge is 0.248 e. The predicted molar refractivity (Wildman–Crippen MR) is 93.0 cm³/mol. The fourth-order valence-corrected chi connectivity index (χ4v) is 3.92. The molecule has 146 valence electrons. The van der Waals surface area contributed by atoms with Gasteiger partial charge in [0, 0.05) is 53.0 Å². The van der Waals surface area contributed by atoms with Gasteiger partial charge in [0.1, 0.15) is 6.61 Å². The first-order valence-corrected chi connectivity index (χ1v) is 9.36. The predicted octanol–water partition coefficient (Wildman–Crippen LogP) is 1.51. The molecule has 2 aliphatic heterocycles. The monoisotopic (exact) mass is 367 g/mol. The van der Waals surface area contributed by atoms with E-state index in [1.807, 2.05) is 4.90 Å². The van der Waals surface area contributed by atoms with Crippen LogP contribution in [0.15, 0.2) is 4.52 Å². The minimum Gasteiger partial charge on any atom is -0.385 e. The summed E-state index contributed by atoms with van der Waals surface area (Å²) in [6.07, 6.45) is 4.39. The number of piperidine rings is 1. The Morgan fingerprint density at radius 3 is 2.85 bits per heavy atom. The molecule has 26 heavy (non-hydrogen) atoms. The molecule has 3 heterocycles. The van der Waals surface area contributed by atoms with Gasteiger partial charge in [0.2, 0.25) is 11.8 Å². The Balaban J connectivity index is 1.80. The van der Waals surface area contributed by atoms with Crippen LogP contribution in [0.5, 0.6) is 0 Å². The van der Waals surface area contributed by atoms with E-state index in [1.54, 1.807) is 14.2 Å². The number of ether oxygens (including phenoxy) is 3. The van der Waals surface area contributed by atoms with Crippen LogP contribution in [0, 0.1) is 0 Å². The van der Waals surface area contributed by atoms with Crippen LogP contribution in [0.25, 0.3) is 0 Å². The topological polar surface area (TPSA) is 86.9 Å². The number of aromatic nitrogens is 2. The molecule has 8 nitrogen and oxygen atoms in total. The van der Waals surface area contributed by atoms with Crippen molar-refractivity contribution in [3.8, 4) is 0 Å². The summed E-state index contributed by atoms with van der Waals surface area (Å²) in [5.41, 5.74) is -0.329. The highest BCUT2D eigenvalue weighted by Gasteiger charge is 2.42. The summed E-state index contributed by atoms with van der Waals surface area (Å²) in [5.74, 6) is 1.66. The largest absolute Gasteiger partial charge is 0.385 e. The van der Waals surface area contributed by atoms with Gasteiger partial charge in [0.25, 0.3) is 0 Å². The highest BCUT2D eigenvalue weighted by atomic mass is 16.5. The summed E-state index contributed by atoms with van der Waals surface area (Å²) in [7, 11) is 3.23. The maximum absolute atomic E-state index is 12.3. The molecular formula is C18H29N3O5. The van der Waals surface area contributed by atoms with Crippen LogP contribution in [0.2, 0.25) is 0 Å². The lowest BCUT2D eigenvalue weighted by atomic mass is 9.76. The maximum Gasteiger partial charge on any atom is 0.248 e. The van der Waals surface area contributed by atoms with Gasteiger partial charge in [-0.25, -0.2) is 0 Å². The van der Waals surface area contributed by atoms with Crippen molar-refractivity contribution < 1.29 is 23.5 Å². The van der Waals surface area contributed by atoms with Crippen LogP contribution in [0.3, 0.4) is 0 Å². The summed E-state index contributed by atoms with van der Waals surface area (Å²) in [6.45, 7) is 3.47. The summed E-state index contributed by atoms with van der Waals surface area (Å²) in [6, 6.07) is 0. The average molecular weight is 367 g/mol. The van der Waals surface area contributed by atoms with Gasteiger partial charge in [0.05, 0.1) is 5.41 Å². The third-order valence-electron chi connectivity index (χ3n) is 5.47. The van der Waals surface area contributed by atoms with Gasteiger partial charge in [-0.05, 0) is 32.1 Å². The molecule has 0 aliphatic carbocycles. The molecule has 0 aromatic carbocycles. The average Bonchev–Trinajstić information content (AvgIpc) is 3.18. The van der Waals surface area contributed by atoms with Gasteiger partial charge in [-0.2, -0.15) is 4.98 Å². The molecule has 0 spiro atoms. The Morgan fingerprint density at radius 1 is 1.31 bits per heavy atom. The number of amides is 1. The summed E-state index contributed by atoms with van der Waals surface area (Å²) in [4.78, 5) is 19.0. The quantitative estimate of drug-likeness (QED) is 0.722. The lowest BCUT2D eigenvalue weighted by molar-refractivity contribution is -0.137. The van der Waals surface area contributed by atoms with Crippen molar-refractivity contribution in [2.24, 2.45) is 0 Å². The Bertz CT molecular complexity index is 587.